The van der Waals surface area contributed by atoms with Crippen LogP contribution in [0.15, 0.2) is 60.9 Å². The molecule has 3 rings (SSSR count). The summed E-state index contributed by atoms with van der Waals surface area (Å²) in [6, 6.07) is 13.0. The van der Waals surface area contributed by atoms with Crippen molar-refractivity contribution in [2.75, 3.05) is 0 Å². The van der Waals surface area contributed by atoms with E-state index in [-0.39, 0.29) is 11.7 Å². The van der Waals surface area contributed by atoms with E-state index >= 15 is 0 Å². The van der Waals surface area contributed by atoms with Gasteiger partial charge in [-0.3, -0.25) is 4.79 Å². The zero-order chi connectivity index (χ0) is 17.1. The SMILES string of the molecule is Cn1ccnc1[C@H](NC(=O)c1cccc(I)c1)c1ccccc1F. The van der Waals surface area contributed by atoms with Gasteiger partial charge in [0.2, 0.25) is 0 Å². The fourth-order valence-corrected chi connectivity index (χ4v) is 3.03. The number of imidazole rings is 1. The molecule has 6 heteroatoms. The number of nitrogens with zero attached hydrogens (tertiary/aromatic N) is 2. The molecule has 1 heterocycles. The zero-order valence-electron chi connectivity index (χ0n) is 12.9. The second kappa shape index (κ2) is 7.12. The quantitative estimate of drug-likeness (QED) is 0.636. The second-order valence-electron chi connectivity index (χ2n) is 5.33. The number of rotatable bonds is 4. The number of aromatic nitrogens is 2. The Morgan fingerprint density at radius 1 is 1.25 bits per heavy atom. The maximum atomic E-state index is 14.3. The molecule has 122 valence electrons. The van der Waals surface area contributed by atoms with Gasteiger partial charge in [0, 0.05) is 34.1 Å². The van der Waals surface area contributed by atoms with Crippen LogP contribution in [0.3, 0.4) is 0 Å². The van der Waals surface area contributed by atoms with Crippen LogP contribution in [-0.2, 0) is 7.05 Å². The van der Waals surface area contributed by atoms with Crippen molar-refractivity contribution in [3.8, 4) is 0 Å². The van der Waals surface area contributed by atoms with Crippen molar-refractivity contribution < 1.29 is 9.18 Å². The van der Waals surface area contributed by atoms with Crippen molar-refractivity contribution in [3.63, 3.8) is 0 Å². The Labute approximate surface area is 152 Å². The average molecular weight is 435 g/mol. The molecule has 0 saturated heterocycles. The van der Waals surface area contributed by atoms with E-state index in [1.54, 1.807) is 47.3 Å². The van der Waals surface area contributed by atoms with E-state index in [0.717, 1.165) is 3.57 Å². The number of halogens is 2. The van der Waals surface area contributed by atoms with Crippen LogP contribution in [0.25, 0.3) is 0 Å². The maximum Gasteiger partial charge on any atom is 0.252 e. The van der Waals surface area contributed by atoms with Gasteiger partial charge in [-0.05, 0) is 46.9 Å². The van der Waals surface area contributed by atoms with Crippen molar-refractivity contribution in [2.24, 2.45) is 7.05 Å². The molecular weight excluding hydrogens is 420 g/mol. The molecule has 0 spiro atoms. The predicted octanol–water partition coefficient (Wildman–Crippen LogP) is 3.68. The van der Waals surface area contributed by atoms with Crippen LogP contribution in [0, 0.1) is 9.39 Å². The molecule has 1 aromatic heterocycles. The fourth-order valence-electron chi connectivity index (χ4n) is 2.49. The number of hydrogen-bond donors (Lipinski definition) is 1. The van der Waals surface area contributed by atoms with E-state index in [0.29, 0.717) is 17.0 Å². The highest BCUT2D eigenvalue weighted by Crippen LogP contribution is 2.23. The molecule has 0 radical (unpaired) electrons. The van der Waals surface area contributed by atoms with Gasteiger partial charge in [0.05, 0.1) is 0 Å². The number of benzene rings is 2. The van der Waals surface area contributed by atoms with Crippen LogP contribution < -0.4 is 5.32 Å². The van der Waals surface area contributed by atoms with E-state index in [2.05, 4.69) is 32.9 Å². The zero-order valence-corrected chi connectivity index (χ0v) is 15.1. The van der Waals surface area contributed by atoms with Crippen molar-refractivity contribution in [1.82, 2.24) is 14.9 Å². The number of nitrogens with one attached hydrogen (secondary N) is 1. The molecular formula is C18H15FIN3O. The molecule has 1 N–H and O–H groups in total. The largest absolute Gasteiger partial charge is 0.338 e. The minimum Gasteiger partial charge on any atom is -0.338 e. The van der Waals surface area contributed by atoms with Gasteiger partial charge < -0.3 is 9.88 Å². The number of aryl methyl sites for hydroxylation is 1. The lowest BCUT2D eigenvalue weighted by atomic mass is 10.0. The summed E-state index contributed by atoms with van der Waals surface area (Å²) in [5.74, 6) is -0.0858. The molecule has 0 aliphatic rings. The summed E-state index contributed by atoms with van der Waals surface area (Å²) in [5.41, 5.74) is 0.906. The lowest BCUT2D eigenvalue weighted by molar-refractivity contribution is 0.0940. The van der Waals surface area contributed by atoms with Gasteiger partial charge in [0.15, 0.2) is 0 Å². The lowest BCUT2D eigenvalue weighted by Gasteiger charge is -2.20. The minimum atomic E-state index is -0.670. The van der Waals surface area contributed by atoms with E-state index in [4.69, 9.17) is 0 Å². The lowest BCUT2D eigenvalue weighted by Crippen LogP contribution is -2.31. The highest BCUT2D eigenvalue weighted by Gasteiger charge is 2.24. The summed E-state index contributed by atoms with van der Waals surface area (Å²) in [6.07, 6.45) is 3.39. The third kappa shape index (κ3) is 3.48. The standard InChI is InChI=1S/C18H15FIN3O/c1-23-10-9-21-17(23)16(14-7-2-3-8-15(14)19)22-18(24)12-5-4-6-13(20)11-12/h2-11,16H,1H3,(H,22,24)/t16-/m1/s1. The topological polar surface area (TPSA) is 46.9 Å². The smallest absolute Gasteiger partial charge is 0.252 e. The van der Waals surface area contributed by atoms with Gasteiger partial charge in [-0.25, -0.2) is 9.37 Å². The highest BCUT2D eigenvalue weighted by atomic mass is 127. The number of amides is 1. The van der Waals surface area contributed by atoms with Crippen molar-refractivity contribution in [1.29, 1.82) is 0 Å². The first-order valence-corrected chi connectivity index (χ1v) is 8.42. The Morgan fingerprint density at radius 3 is 2.71 bits per heavy atom. The molecule has 0 unspecified atom stereocenters. The summed E-state index contributed by atoms with van der Waals surface area (Å²) >= 11 is 2.15. The summed E-state index contributed by atoms with van der Waals surface area (Å²) in [4.78, 5) is 16.9. The Morgan fingerprint density at radius 2 is 2.04 bits per heavy atom. The number of carbonyl (C=O) groups is 1. The number of hydrogen-bond acceptors (Lipinski definition) is 2. The van der Waals surface area contributed by atoms with Crippen LogP contribution in [-0.4, -0.2) is 15.5 Å². The van der Waals surface area contributed by atoms with Gasteiger partial charge in [0.1, 0.15) is 17.7 Å². The molecule has 0 aliphatic heterocycles. The van der Waals surface area contributed by atoms with Crippen molar-refractivity contribution in [2.45, 2.75) is 6.04 Å². The van der Waals surface area contributed by atoms with Gasteiger partial charge in [0.25, 0.3) is 5.91 Å². The fraction of sp³-hybridized carbons (Fsp3) is 0.111. The molecule has 1 amide bonds. The van der Waals surface area contributed by atoms with Crippen LogP contribution in [0.5, 0.6) is 0 Å². The Balaban J connectivity index is 1.98. The van der Waals surface area contributed by atoms with Crippen LogP contribution in [0.4, 0.5) is 4.39 Å². The van der Waals surface area contributed by atoms with E-state index in [9.17, 15) is 9.18 Å². The molecule has 0 bridgehead atoms. The van der Waals surface area contributed by atoms with E-state index in [1.807, 2.05) is 19.2 Å². The molecule has 2 aromatic carbocycles. The normalized spacial score (nSPS) is 12.0. The summed E-state index contributed by atoms with van der Waals surface area (Å²) < 4.78 is 17.0. The maximum absolute atomic E-state index is 14.3. The molecule has 0 saturated carbocycles. The van der Waals surface area contributed by atoms with Crippen LogP contribution >= 0.6 is 22.6 Å². The monoisotopic (exact) mass is 435 g/mol. The highest BCUT2D eigenvalue weighted by molar-refractivity contribution is 14.1. The Hall–Kier alpha value is -2.22. The van der Waals surface area contributed by atoms with Gasteiger partial charge in [-0.15, -0.1) is 0 Å². The second-order valence-corrected chi connectivity index (χ2v) is 6.58. The van der Waals surface area contributed by atoms with Gasteiger partial charge in [-0.1, -0.05) is 24.3 Å². The molecule has 4 nitrogen and oxygen atoms in total. The third-order valence-corrected chi connectivity index (χ3v) is 4.37. The average Bonchev–Trinajstić information content (AvgIpc) is 2.99. The number of carbonyl (C=O) groups excluding carboxylic acids is 1. The first-order chi connectivity index (χ1) is 11.6. The van der Waals surface area contributed by atoms with E-state index in [1.165, 1.54) is 6.07 Å². The molecule has 3 aromatic rings. The summed E-state index contributed by atoms with van der Waals surface area (Å²) in [5, 5.41) is 2.90. The van der Waals surface area contributed by atoms with Crippen LogP contribution in [0.1, 0.15) is 27.8 Å². The van der Waals surface area contributed by atoms with Gasteiger partial charge in [-0.2, -0.15) is 0 Å². The van der Waals surface area contributed by atoms with Crippen molar-refractivity contribution in [3.05, 3.63) is 87.3 Å². The minimum absolute atomic E-state index is 0.273. The van der Waals surface area contributed by atoms with Crippen molar-refractivity contribution >= 4 is 28.5 Å². The first-order valence-electron chi connectivity index (χ1n) is 7.34. The summed E-state index contributed by atoms with van der Waals surface area (Å²) in [7, 11) is 1.81. The molecule has 0 fully saturated rings. The molecule has 24 heavy (non-hydrogen) atoms. The summed E-state index contributed by atoms with van der Waals surface area (Å²) in [6.45, 7) is 0. The first kappa shape index (κ1) is 16.6. The Bertz CT molecular complexity index is 878. The van der Waals surface area contributed by atoms with Crippen LogP contribution in [0.2, 0.25) is 0 Å². The van der Waals surface area contributed by atoms with Gasteiger partial charge >= 0.3 is 0 Å². The molecule has 1 atom stereocenters. The predicted molar refractivity (Wildman–Crippen MR) is 98.1 cm³/mol. The van der Waals surface area contributed by atoms with E-state index < -0.39 is 6.04 Å². The Kier molecular flexibility index (Phi) is 4.94. The third-order valence-electron chi connectivity index (χ3n) is 3.70. The molecule has 0 aliphatic carbocycles.